The molecule has 0 N–H and O–H groups in total. The quantitative estimate of drug-likeness (QED) is 0.394. The number of ketones is 1. The second-order valence-corrected chi connectivity index (χ2v) is 9.80. The lowest BCUT2D eigenvalue weighted by Gasteiger charge is -2.31. The lowest BCUT2D eigenvalue weighted by atomic mass is 9.88. The van der Waals surface area contributed by atoms with Gasteiger partial charge in [-0.15, -0.1) is 0 Å². The molecule has 34 heavy (non-hydrogen) atoms. The number of hydrogen-bond acceptors (Lipinski definition) is 4. The van der Waals surface area contributed by atoms with Gasteiger partial charge in [-0.1, -0.05) is 67.9 Å². The van der Waals surface area contributed by atoms with E-state index in [1.807, 2.05) is 48.2 Å². The first-order valence-electron chi connectivity index (χ1n) is 12.3. The fourth-order valence-electron chi connectivity index (χ4n) is 4.55. The highest BCUT2D eigenvalue weighted by atomic mass is 16.4. The number of oxazole rings is 1. The van der Waals surface area contributed by atoms with Crippen LogP contribution in [0.15, 0.2) is 59.1 Å². The van der Waals surface area contributed by atoms with Crippen molar-refractivity contribution in [3.63, 3.8) is 0 Å². The molecule has 1 aromatic heterocycles. The van der Waals surface area contributed by atoms with Gasteiger partial charge in [0.1, 0.15) is 0 Å². The molecule has 4 rings (SSSR count). The Morgan fingerprint density at radius 3 is 2.35 bits per heavy atom. The summed E-state index contributed by atoms with van der Waals surface area (Å²) >= 11 is 0. The molecule has 0 bridgehead atoms. The fraction of sp³-hybridized carbons (Fsp3) is 0.414. The molecule has 1 aliphatic rings. The smallest absolute Gasteiger partial charge is 0.223 e. The molecule has 2 aromatic carbocycles. The van der Waals surface area contributed by atoms with E-state index in [0.717, 1.165) is 36.1 Å². The predicted octanol–water partition coefficient (Wildman–Crippen LogP) is 5.90. The molecule has 0 atom stereocenters. The first kappa shape index (κ1) is 23.9. The summed E-state index contributed by atoms with van der Waals surface area (Å²) in [6, 6.07) is 16.1. The molecule has 0 aliphatic carbocycles. The van der Waals surface area contributed by atoms with Crippen LogP contribution in [-0.2, 0) is 17.6 Å². The number of carbonyl (C=O) groups excluding carboxylic acids is 2. The number of aryl methyl sites for hydroxylation is 2. The fourth-order valence-corrected chi connectivity index (χ4v) is 4.55. The Hall–Kier alpha value is -3.21. The lowest BCUT2D eigenvalue weighted by Crippen LogP contribution is -2.40. The number of aromatic nitrogens is 1. The van der Waals surface area contributed by atoms with Crippen LogP contribution >= 0.6 is 0 Å². The third kappa shape index (κ3) is 6.02. The van der Waals surface area contributed by atoms with Crippen LogP contribution in [0.4, 0.5) is 0 Å². The number of amides is 1. The van der Waals surface area contributed by atoms with Crippen LogP contribution in [0, 0.1) is 18.8 Å². The number of carbonyl (C=O) groups is 2. The van der Waals surface area contributed by atoms with Crippen molar-refractivity contribution >= 4 is 11.7 Å². The van der Waals surface area contributed by atoms with Crippen LogP contribution in [0.5, 0.6) is 0 Å². The lowest BCUT2D eigenvalue weighted by molar-refractivity contribution is -0.132. The van der Waals surface area contributed by atoms with Gasteiger partial charge in [0.2, 0.25) is 5.91 Å². The molecule has 1 fully saturated rings. The molecule has 178 valence electrons. The van der Waals surface area contributed by atoms with Gasteiger partial charge in [-0.25, -0.2) is 4.98 Å². The Bertz CT molecular complexity index is 1110. The van der Waals surface area contributed by atoms with Crippen LogP contribution in [-0.4, -0.2) is 34.7 Å². The third-order valence-corrected chi connectivity index (χ3v) is 6.54. The summed E-state index contributed by atoms with van der Waals surface area (Å²) in [4.78, 5) is 31.9. The van der Waals surface area contributed by atoms with Crippen molar-refractivity contribution < 1.29 is 14.0 Å². The normalized spacial score (nSPS) is 14.5. The standard InChI is InChI=1S/C29H34N2O3/c1-20(2)18-22-6-10-24(11-7-22)29(33)25-14-16-31(17-15-25)28(32)13-12-27-30-19-26(34-27)23-8-4-21(3)5-9-23/h4-11,19-20,25H,12-18H2,1-3H3. The van der Waals surface area contributed by atoms with Gasteiger partial charge in [0.05, 0.1) is 6.20 Å². The summed E-state index contributed by atoms with van der Waals surface area (Å²) in [6.07, 6.45) is 5.02. The van der Waals surface area contributed by atoms with Crippen LogP contribution in [0.2, 0.25) is 0 Å². The Balaban J connectivity index is 1.24. The van der Waals surface area contributed by atoms with Gasteiger partial charge < -0.3 is 9.32 Å². The minimum atomic E-state index is -0.0104. The summed E-state index contributed by atoms with van der Waals surface area (Å²) in [5.41, 5.74) is 4.23. The van der Waals surface area contributed by atoms with E-state index in [-0.39, 0.29) is 17.6 Å². The Kier molecular flexibility index (Phi) is 7.61. The summed E-state index contributed by atoms with van der Waals surface area (Å²) in [7, 11) is 0. The number of nitrogens with zero attached hydrogens (tertiary/aromatic N) is 2. The Labute approximate surface area is 202 Å². The van der Waals surface area contributed by atoms with Crippen molar-refractivity contribution in [2.75, 3.05) is 13.1 Å². The van der Waals surface area contributed by atoms with Gasteiger partial charge in [0, 0.05) is 43.0 Å². The van der Waals surface area contributed by atoms with Crippen LogP contribution in [0.1, 0.15) is 60.5 Å². The minimum Gasteiger partial charge on any atom is -0.441 e. The summed E-state index contributed by atoms with van der Waals surface area (Å²) in [6.45, 7) is 7.69. The largest absolute Gasteiger partial charge is 0.441 e. The van der Waals surface area contributed by atoms with Crippen LogP contribution in [0.3, 0.4) is 0 Å². The highest BCUT2D eigenvalue weighted by Crippen LogP contribution is 2.24. The molecule has 3 aromatic rings. The van der Waals surface area contributed by atoms with Crippen molar-refractivity contribution in [2.45, 2.75) is 52.9 Å². The Morgan fingerprint density at radius 2 is 1.71 bits per heavy atom. The van der Waals surface area contributed by atoms with Gasteiger partial charge in [-0.2, -0.15) is 0 Å². The summed E-state index contributed by atoms with van der Waals surface area (Å²) < 4.78 is 5.85. The third-order valence-electron chi connectivity index (χ3n) is 6.54. The van der Waals surface area contributed by atoms with E-state index >= 15 is 0 Å². The average molecular weight is 459 g/mol. The molecule has 1 aliphatic heterocycles. The summed E-state index contributed by atoms with van der Waals surface area (Å²) in [5.74, 6) is 2.19. The number of likely N-dealkylation sites (tertiary alicyclic amines) is 1. The predicted molar refractivity (Wildman–Crippen MR) is 134 cm³/mol. The van der Waals surface area contributed by atoms with Gasteiger partial charge in [-0.3, -0.25) is 9.59 Å². The van der Waals surface area contributed by atoms with Crippen LogP contribution < -0.4 is 0 Å². The Morgan fingerprint density at radius 1 is 1.03 bits per heavy atom. The first-order valence-corrected chi connectivity index (χ1v) is 12.3. The van der Waals surface area contributed by atoms with E-state index in [2.05, 4.69) is 31.0 Å². The topological polar surface area (TPSA) is 63.4 Å². The van der Waals surface area contributed by atoms with E-state index in [9.17, 15) is 9.59 Å². The molecule has 1 saturated heterocycles. The second kappa shape index (κ2) is 10.8. The maximum atomic E-state index is 12.9. The number of piperidine rings is 1. The number of hydrogen-bond donors (Lipinski definition) is 0. The van der Waals surface area contributed by atoms with Crippen molar-refractivity contribution in [1.29, 1.82) is 0 Å². The highest BCUT2D eigenvalue weighted by molar-refractivity contribution is 5.98. The molecule has 0 unspecified atom stereocenters. The van der Waals surface area contributed by atoms with E-state index in [4.69, 9.17) is 4.42 Å². The van der Waals surface area contributed by atoms with Gasteiger partial charge >= 0.3 is 0 Å². The van der Waals surface area contributed by atoms with Gasteiger partial charge in [0.15, 0.2) is 17.4 Å². The maximum absolute atomic E-state index is 12.9. The highest BCUT2D eigenvalue weighted by Gasteiger charge is 2.28. The number of benzene rings is 2. The average Bonchev–Trinajstić information content (AvgIpc) is 3.32. The van der Waals surface area contributed by atoms with Gasteiger partial charge in [-0.05, 0) is 37.7 Å². The zero-order valence-corrected chi connectivity index (χ0v) is 20.4. The maximum Gasteiger partial charge on any atom is 0.223 e. The monoisotopic (exact) mass is 458 g/mol. The molecule has 5 heteroatoms. The number of Topliss-reactive ketones (excluding diaryl/α,β-unsaturated/α-hetero) is 1. The first-order chi connectivity index (χ1) is 16.4. The van der Waals surface area contributed by atoms with E-state index in [1.165, 1.54) is 11.1 Å². The van der Waals surface area contributed by atoms with E-state index in [0.29, 0.717) is 37.7 Å². The van der Waals surface area contributed by atoms with Crippen LogP contribution in [0.25, 0.3) is 11.3 Å². The molecular formula is C29H34N2O3. The van der Waals surface area contributed by atoms with E-state index in [1.54, 1.807) is 6.20 Å². The minimum absolute atomic E-state index is 0.0104. The molecule has 1 amide bonds. The van der Waals surface area contributed by atoms with Gasteiger partial charge in [0.25, 0.3) is 0 Å². The van der Waals surface area contributed by atoms with Crippen molar-refractivity contribution in [3.05, 3.63) is 77.3 Å². The molecule has 5 nitrogen and oxygen atoms in total. The molecule has 0 saturated carbocycles. The zero-order chi connectivity index (χ0) is 24.1. The van der Waals surface area contributed by atoms with Crippen molar-refractivity contribution in [2.24, 2.45) is 11.8 Å². The van der Waals surface area contributed by atoms with Crippen molar-refractivity contribution in [3.8, 4) is 11.3 Å². The molecule has 0 radical (unpaired) electrons. The molecule has 0 spiro atoms. The zero-order valence-electron chi connectivity index (χ0n) is 20.4. The second-order valence-electron chi connectivity index (χ2n) is 9.80. The number of rotatable bonds is 8. The molecule has 2 heterocycles. The molecular weight excluding hydrogens is 424 g/mol. The van der Waals surface area contributed by atoms with Crippen molar-refractivity contribution in [1.82, 2.24) is 9.88 Å². The summed E-state index contributed by atoms with van der Waals surface area (Å²) in [5, 5.41) is 0. The SMILES string of the molecule is Cc1ccc(-c2cnc(CCC(=O)N3CCC(C(=O)c4ccc(CC(C)C)cc4)CC3)o2)cc1. The van der Waals surface area contributed by atoms with E-state index < -0.39 is 0 Å².